The van der Waals surface area contributed by atoms with Crippen LogP contribution in [0.15, 0.2) is 12.5 Å². The molecule has 0 fully saturated rings. The number of imidazole rings is 1. The SMILES string of the molecule is CC(=O)O.Nc1ncc2ncn(CCC(CO)CO)c2n1. The van der Waals surface area contributed by atoms with Crippen molar-refractivity contribution in [3.63, 3.8) is 0 Å². The molecule has 21 heavy (non-hydrogen) atoms. The lowest BCUT2D eigenvalue weighted by atomic mass is 10.1. The van der Waals surface area contributed by atoms with Crippen LogP contribution in [0.25, 0.3) is 11.2 Å². The summed E-state index contributed by atoms with van der Waals surface area (Å²) in [5, 5.41) is 25.4. The average Bonchev–Trinajstić information content (AvgIpc) is 2.82. The van der Waals surface area contributed by atoms with E-state index in [4.69, 9.17) is 25.8 Å². The number of aryl methyl sites for hydroxylation is 1. The summed E-state index contributed by atoms with van der Waals surface area (Å²) in [5.74, 6) is -0.744. The number of nitrogen functional groups attached to an aromatic ring is 1. The second-order valence-corrected chi connectivity index (χ2v) is 4.41. The maximum atomic E-state index is 9.00. The normalized spacial score (nSPS) is 10.5. The summed E-state index contributed by atoms with van der Waals surface area (Å²) in [6.07, 6.45) is 3.89. The van der Waals surface area contributed by atoms with Gasteiger partial charge in [0.25, 0.3) is 5.97 Å². The summed E-state index contributed by atoms with van der Waals surface area (Å²) in [4.78, 5) is 21.1. The largest absolute Gasteiger partial charge is 0.481 e. The lowest BCUT2D eigenvalue weighted by molar-refractivity contribution is -0.134. The summed E-state index contributed by atoms with van der Waals surface area (Å²) in [6.45, 7) is 1.65. The highest BCUT2D eigenvalue weighted by atomic mass is 16.4. The minimum absolute atomic E-state index is 0.0275. The third-order valence-corrected chi connectivity index (χ3v) is 2.67. The van der Waals surface area contributed by atoms with Crippen LogP contribution < -0.4 is 5.73 Å². The number of fused-ring (bicyclic) bond motifs is 1. The minimum atomic E-state index is -0.833. The van der Waals surface area contributed by atoms with E-state index in [1.54, 1.807) is 12.5 Å². The molecule has 116 valence electrons. The quantitative estimate of drug-likeness (QED) is 0.577. The number of nitrogens with two attached hydrogens (primary N) is 1. The number of nitrogens with zero attached hydrogens (tertiary/aromatic N) is 4. The van der Waals surface area contributed by atoms with Crippen molar-refractivity contribution < 1.29 is 20.1 Å². The van der Waals surface area contributed by atoms with Gasteiger partial charge in [-0.1, -0.05) is 0 Å². The zero-order valence-corrected chi connectivity index (χ0v) is 11.7. The first-order valence-corrected chi connectivity index (χ1v) is 6.32. The molecule has 0 amide bonds. The van der Waals surface area contributed by atoms with Gasteiger partial charge in [0.15, 0.2) is 5.65 Å². The van der Waals surface area contributed by atoms with Gasteiger partial charge in [0.2, 0.25) is 5.95 Å². The zero-order chi connectivity index (χ0) is 15.8. The second kappa shape index (κ2) is 8.12. The molecule has 0 aliphatic heterocycles. The molecule has 0 aliphatic carbocycles. The van der Waals surface area contributed by atoms with Crippen LogP contribution in [0.3, 0.4) is 0 Å². The van der Waals surface area contributed by atoms with Gasteiger partial charge in [0.05, 0.1) is 12.5 Å². The fraction of sp³-hybridized carbons (Fsp3) is 0.500. The standard InChI is InChI=1S/C10H15N5O2.C2H4O2/c11-10-12-3-8-9(14-10)15(6-13-8)2-1-7(4-16)5-17;1-2(3)4/h3,6-7,16-17H,1-2,4-5H2,(H2,11,12,14);1H3,(H,3,4). The summed E-state index contributed by atoms with van der Waals surface area (Å²) in [5.41, 5.74) is 6.87. The van der Waals surface area contributed by atoms with Crippen molar-refractivity contribution in [2.45, 2.75) is 19.9 Å². The summed E-state index contributed by atoms with van der Waals surface area (Å²) < 4.78 is 1.84. The summed E-state index contributed by atoms with van der Waals surface area (Å²) >= 11 is 0. The number of hydrogen-bond acceptors (Lipinski definition) is 7. The minimum Gasteiger partial charge on any atom is -0.481 e. The Morgan fingerprint density at radius 1 is 1.38 bits per heavy atom. The Bertz CT molecular complexity index is 578. The molecule has 0 radical (unpaired) electrons. The van der Waals surface area contributed by atoms with Crippen molar-refractivity contribution in [3.8, 4) is 0 Å². The van der Waals surface area contributed by atoms with Crippen LogP contribution in [-0.4, -0.2) is 54.0 Å². The predicted molar refractivity (Wildman–Crippen MR) is 75.3 cm³/mol. The molecule has 0 spiro atoms. The topological polar surface area (TPSA) is 147 Å². The number of carboxylic acid groups (broad SMARTS) is 1. The summed E-state index contributed by atoms with van der Waals surface area (Å²) in [7, 11) is 0. The van der Waals surface area contributed by atoms with Gasteiger partial charge in [-0.2, -0.15) is 4.98 Å². The highest BCUT2D eigenvalue weighted by Crippen LogP contribution is 2.12. The molecule has 0 aliphatic rings. The van der Waals surface area contributed by atoms with Crippen LogP contribution in [-0.2, 0) is 11.3 Å². The molecule has 2 rings (SSSR count). The van der Waals surface area contributed by atoms with E-state index in [2.05, 4.69) is 15.0 Å². The van der Waals surface area contributed by atoms with Crippen LogP contribution in [0.5, 0.6) is 0 Å². The molecule has 0 bridgehead atoms. The highest BCUT2D eigenvalue weighted by molar-refractivity contribution is 5.70. The molecule has 0 unspecified atom stereocenters. The van der Waals surface area contributed by atoms with E-state index in [-0.39, 0.29) is 25.1 Å². The molecule has 5 N–H and O–H groups in total. The van der Waals surface area contributed by atoms with E-state index in [1.165, 1.54) is 0 Å². The summed E-state index contributed by atoms with van der Waals surface area (Å²) in [6, 6.07) is 0. The van der Waals surface area contributed by atoms with Gasteiger partial charge in [-0.25, -0.2) is 9.97 Å². The van der Waals surface area contributed by atoms with E-state index in [0.717, 1.165) is 6.92 Å². The van der Waals surface area contributed by atoms with E-state index in [1.807, 2.05) is 4.57 Å². The fourth-order valence-electron chi connectivity index (χ4n) is 1.59. The molecule has 9 nitrogen and oxygen atoms in total. The molecular formula is C12H19N5O4. The maximum Gasteiger partial charge on any atom is 0.300 e. The number of aliphatic hydroxyl groups excluding tert-OH is 2. The van der Waals surface area contributed by atoms with Gasteiger partial charge >= 0.3 is 0 Å². The van der Waals surface area contributed by atoms with Crippen molar-refractivity contribution in [2.24, 2.45) is 5.92 Å². The fourth-order valence-corrected chi connectivity index (χ4v) is 1.59. The Kier molecular flexibility index (Phi) is 6.50. The van der Waals surface area contributed by atoms with Crippen LogP contribution in [0, 0.1) is 5.92 Å². The lowest BCUT2D eigenvalue weighted by Gasteiger charge is -2.10. The first-order chi connectivity index (χ1) is 9.97. The van der Waals surface area contributed by atoms with Crippen LogP contribution in [0.1, 0.15) is 13.3 Å². The molecule has 0 atom stereocenters. The van der Waals surface area contributed by atoms with Crippen LogP contribution in [0.2, 0.25) is 0 Å². The van der Waals surface area contributed by atoms with Gasteiger partial charge in [-0.05, 0) is 6.42 Å². The number of hydrogen-bond donors (Lipinski definition) is 4. The predicted octanol–water partition coefficient (Wildman–Crippen LogP) is -0.510. The first-order valence-electron chi connectivity index (χ1n) is 6.32. The maximum absolute atomic E-state index is 9.00. The van der Waals surface area contributed by atoms with Crippen molar-refractivity contribution in [2.75, 3.05) is 18.9 Å². The van der Waals surface area contributed by atoms with Crippen molar-refractivity contribution in [3.05, 3.63) is 12.5 Å². The van der Waals surface area contributed by atoms with Gasteiger partial charge in [-0.3, -0.25) is 4.79 Å². The second-order valence-electron chi connectivity index (χ2n) is 4.41. The van der Waals surface area contributed by atoms with Crippen LogP contribution in [0.4, 0.5) is 5.95 Å². The van der Waals surface area contributed by atoms with Crippen LogP contribution >= 0.6 is 0 Å². The number of carboxylic acids is 1. The zero-order valence-electron chi connectivity index (χ0n) is 11.7. The molecule has 0 saturated heterocycles. The molecule has 2 aromatic rings. The molecule has 0 saturated carbocycles. The molecule has 9 heteroatoms. The Labute approximate surface area is 121 Å². The molecule has 2 heterocycles. The number of rotatable bonds is 5. The van der Waals surface area contributed by atoms with Crippen molar-refractivity contribution >= 4 is 23.1 Å². The van der Waals surface area contributed by atoms with Crippen molar-refractivity contribution in [1.82, 2.24) is 19.5 Å². The number of carbonyl (C=O) groups is 1. The monoisotopic (exact) mass is 297 g/mol. The third-order valence-electron chi connectivity index (χ3n) is 2.67. The Morgan fingerprint density at radius 3 is 2.57 bits per heavy atom. The number of aliphatic carboxylic acids is 1. The van der Waals surface area contributed by atoms with E-state index < -0.39 is 5.97 Å². The third kappa shape index (κ3) is 5.32. The van der Waals surface area contributed by atoms with Gasteiger partial charge in [0, 0.05) is 32.6 Å². The van der Waals surface area contributed by atoms with Gasteiger partial charge in [0.1, 0.15) is 5.52 Å². The number of anilines is 1. The number of aromatic nitrogens is 4. The highest BCUT2D eigenvalue weighted by Gasteiger charge is 2.09. The molecule has 0 aromatic carbocycles. The Balaban J connectivity index is 0.000000491. The molecule has 2 aromatic heterocycles. The number of aliphatic hydroxyl groups is 2. The van der Waals surface area contributed by atoms with E-state index in [9.17, 15) is 0 Å². The lowest BCUT2D eigenvalue weighted by Crippen LogP contribution is -2.14. The van der Waals surface area contributed by atoms with E-state index in [0.29, 0.717) is 24.1 Å². The Hall–Kier alpha value is -2.26. The van der Waals surface area contributed by atoms with E-state index >= 15 is 0 Å². The smallest absolute Gasteiger partial charge is 0.300 e. The van der Waals surface area contributed by atoms with Crippen molar-refractivity contribution in [1.29, 1.82) is 0 Å². The Morgan fingerprint density at radius 2 is 2.00 bits per heavy atom. The van der Waals surface area contributed by atoms with Gasteiger partial charge in [-0.15, -0.1) is 0 Å². The first kappa shape index (κ1) is 16.8. The van der Waals surface area contributed by atoms with Gasteiger partial charge < -0.3 is 25.6 Å². The average molecular weight is 297 g/mol. The molecular weight excluding hydrogens is 278 g/mol.